The zero-order valence-electron chi connectivity index (χ0n) is 22.2. The largest absolute Gasteiger partial charge is 0.394 e. The molecular weight excluding hydrogens is 537 g/mol. The van der Waals surface area contributed by atoms with Crippen molar-refractivity contribution in [3.8, 4) is 11.1 Å². The minimum absolute atomic E-state index is 0.156. The molecule has 206 valence electrons. The van der Waals surface area contributed by atoms with Gasteiger partial charge in [0.15, 0.2) is 0 Å². The molecule has 0 radical (unpaired) electrons. The van der Waals surface area contributed by atoms with Crippen molar-refractivity contribution < 1.29 is 19.4 Å². The lowest BCUT2D eigenvalue weighted by Crippen LogP contribution is -2.48. The molecule has 1 heterocycles. The summed E-state index contributed by atoms with van der Waals surface area (Å²) >= 11 is 12.4. The maximum absolute atomic E-state index is 13.9. The molecule has 0 aromatic heterocycles. The van der Waals surface area contributed by atoms with Gasteiger partial charge in [0.1, 0.15) is 0 Å². The van der Waals surface area contributed by atoms with Crippen molar-refractivity contribution in [2.24, 2.45) is 5.92 Å². The van der Waals surface area contributed by atoms with Crippen molar-refractivity contribution in [1.29, 1.82) is 0 Å². The summed E-state index contributed by atoms with van der Waals surface area (Å²) in [4.78, 5) is 30.2. The number of likely N-dealkylation sites (N-methyl/N-ethyl adjacent to an activating group) is 1. The van der Waals surface area contributed by atoms with Gasteiger partial charge in [-0.1, -0.05) is 78.7 Å². The molecule has 0 saturated carbocycles. The van der Waals surface area contributed by atoms with Crippen LogP contribution in [0.25, 0.3) is 11.1 Å². The SMILES string of the molecule is C[C@@H]1CN([C@H](C)CO)C(=O)c2ccccc2-c2ccccc2CO[C@H]1CN(C)C(=O)Nc1cccc(Cl)c1Cl. The standard InChI is InChI=1S/C30H33Cl2N3O4/c1-19-15-35(20(2)17-36)29(37)24-12-7-6-11-23(24)22-10-5-4-9-21(22)18-39-27(19)16-34(3)30(38)33-26-14-8-13-25(31)28(26)32/h4-14,19-20,27,36H,15-18H2,1-3H3,(H,33,38)/t19-,20-,27+/m1/s1. The quantitative estimate of drug-likeness (QED) is 0.384. The Balaban J connectivity index is 1.65. The lowest BCUT2D eigenvalue weighted by molar-refractivity contribution is -0.0178. The first-order chi connectivity index (χ1) is 18.7. The van der Waals surface area contributed by atoms with E-state index >= 15 is 0 Å². The van der Waals surface area contributed by atoms with Crippen LogP contribution in [0.2, 0.25) is 10.0 Å². The molecule has 3 aromatic rings. The number of anilines is 1. The molecule has 3 aromatic carbocycles. The maximum Gasteiger partial charge on any atom is 0.321 e. The van der Waals surface area contributed by atoms with Crippen LogP contribution in [0, 0.1) is 5.92 Å². The Morgan fingerprint density at radius 2 is 1.74 bits per heavy atom. The van der Waals surface area contributed by atoms with Gasteiger partial charge in [-0.3, -0.25) is 4.79 Å². The summed E-state index contributed by atoms with van der Waals surface area (Å²) < 4.78 is 6.47. The van der Waals surface area contributed by atoms with Gasteiger partial charge in [0, 0.05) is 31.6 Å². The molecule has 0 saturated heterocycles. The van der Waals surface area contributed by atoms with E-state index < -0.39 is 12.1 Å². The van der Waals surface area contributed by atoms with Gasteiger partial charge in [-0.05, 0) is 41.8 Å². The van der Waals surface area contributed by atoms with Crippen molar-refractivity contribution in [3.05, 3.63) is 87.9 Å². The Bertz CT molecular complexity index is 1340. The predicted molar refractivity (Wildman–Crippen MR) is 155 cm³/mol. The number of nitrogens with zero attached hydrogens (tertiary/aromatic N) is 2. The molecule has 0 unspecified atom stereocenters. The van der Waals surface area contributed by atoms with Crippen molar-refractivity contribution >= 4 is 40.8 Å². The molecule has 4 rings (SSSR count). The van der Waals surface area contributed by atoms with E-state index in [1.165, 1.54) is 4.90 Å². The van der Waals surface area contributed by atoms with Gasteiger partial charge in [-0.15, -0.1) is 0 Å². The van der Waals surface area contributed by atoms with E-state index in [9.17, 15) is 14.7 Å². The van der Waals surface area contributed by atoms with E-state index in [-0.39, 0.29) is 36.0 Å². The third-order valence-electron chi connectivity index (χ3n) is 7.09. The van der Waals surface area contributed by atoms with Crippen LogP contribution in [0.1, 0.15) is 29.8 Å². The number of carbonyl (C=O) groups excluding carboxylic acids is 2. The second-order valence-corrected chi connectivity index (χ2v) is 10.7. The van der Waals surface area contributed by atoms with Crippen LogP contribution in [0.4, 0.5) is 10.5 Å². The van der Waals surface area contributed by atoms with Crippen LogP contribution in [0.15, 0.2) is 66.7 Å². The highest BCUT2D eigenvalue weighted by molar-refractivity contribution is 6.43. The van der Waals surface area contributed by atoms with Gasteiger partial charge in [0.2, 0.25) is 0 Å². The van der Waals surface area contributed by atoms with Gasteiger partial charge in [-0.2, -0.15) is 0 Å². The molecular formula is C30H33Cl2N3O4. The van der Waals surface area contributed by atoms with Gasteiger partial charge in [0.25, 0.3) is 5.91 Å². The highest BCUT2D eigenvalue weighted by Crippen LogP contribution is 2.32. The Labute approximate surface area is 239 Å². The number of rotatable bonds is 5. The molecule has 39 heavy (non-hydrogen) atoms. The minimum atomic E-state index is -0.411. The Morgan fingerprint density at radius 1 is 1.08 bits per heavy atom. The first kappa shape index (κ1) is 28.9. The van der Waals surface area contributed by atoms with Crippen molar-refractivity contribution in [3.63, 3.8) is 0 Å². The van der Waals surface area contributed by atoms with Gasteiger partial charge >= 0.3 is 6.03 Å². The maximum atomic E-state index is 13.9. The number of ether oxygens (including phenoxy) is 1. The summed E-state index contributed by atoms with van der Waals surface area (Å²) in [5, 5.41) is 13.4. The van der Waals surface area contributed by atoms with E-state index in [4.69, 9.17) is 27.9 Å². The number of urea groups is 1. The Hall–Kier alpha value is -3.10. The minimum Gasteiger partial charge on any atom is -0.394 e. The van der Waals surface area contributed by atoms with Gasteiger partial charge in [-0.25, -0.2) is 4.79 Å². The molecule has 9 heteroatoms. The van der Waals surface area contributed by atoms with Crippen LogP contribution >= 0.6 is 23.2 Å². The second-order valence-electron chi connectivity index (χ2n) is 9.93. The van der Waals surface area contributed by atoms with Crippen LogP contribution in [-0.2, 0) is 11.3 Å². The zero-order valence-corrected chi connectivity index (χ0v) is 23.7. The lowest BCUT2D eigenvalue weighted by atomic mass is 9.94. The van der Waals surface area contributed by atoms with Crippen molar-refractivity contribution in [1.82, 2.24) is 9.80 Å². The topological polar surface area (TPSA) is 82.1 Å². The van der Waals surface area contributed by atoms with Crippen LogP contribution in [0.5, 0.6) is 0 Å². The Kier molecular flexibility index (Phi) is 9.51. The van der Waals surface area contributed by atoms with E-state index in [0.29, 0.717) is 29.4 Å². The van der Waals surface area contributed by atoms with Crippen LogP contribution in [0.3, 0.4) is 0 Å². The molecule has 3 amide bonds. The number of nitrogens with one attached hydrogen (secondary N) is 1. The fourth-order valence-corrected chi connectivity index (χ4v) is 5.06. The fourth-order valence-electron chi connectivity index (χ4n) is 4.72. The van der Waals surface area contributed by atoms with Gasteiger partial charge < -0.3 is 25.0 Å². The average molecular weight is 571 g/mol. The summed E-state index contributed by atoms with van der Waals surface area (Å²) in [5.41, 5.74) is 3.66. The van der Waals surface area contributed by atoms with Crippen LogP contribution < -0.4 is 5.32 Å². The number of benzene rings is 3. The Morgan fingerprint density at radius 3 is 2.46 bits per heavy atom. The third kappa shape index (κ3) is 6.56. The van der Waals surface area contributed by atoms with Crippen molar-refractivity contribution in [2.75, 3.05) is 32.1 Å². The number of carbonyl (C=O) groups is 2. The summed E-state index contributed by atoms with van der Waals surface area (Å²) in [5.74, 6) is -0.318. The molecule has 1 aliphatic rings. The van der Waals surface area contributed by atoms with E-state index in [1.54, 1.807) is 30.1 Å². The summed E-state index contributed by atoms with van der Waals surface area (Å²) in [7, 11) is 1.68. The first-order valence-corrected chi connectivity index (χ1v) is 13.6. The number of hydrogen-bond donors (Lipinski definition) is 2. The van der Waals surface area contributed by atoms with Crippen LogP contribution in [-0.4, -0.2) is 65.7 Å². The molecule has 0 fully saturated rings. The van der Waals surface area contributed by atoms with Gasteiger partial charge in [0.05, 0.1) is 41.1 Å². The number of amides is 3. The molecule has 2 N–H and O–H groups in total. The first-order valence-electron chi connectivity index (χ1n) is 12.9. The monoisotopic (exact) mass is 569 g/mol. The molecule has 3 atom stereocenters. The molecule has 0 aliphatic carbocycles. The molecule has 1 aliphatic heterocycles. The predicted octanol–water partition coefficient (Wildman–Crippen LogP) is 6.18. The zero-order chi connectivity index (χ0) is 28.1. The summed E-state index contributed by atoms with van der Waals surface area (Å²) in [6.45, 7) is 4.54. The number of fused-ring (bicyclic) bond motifs is 3. The number of halogens is 2. The third-order valence-corrected chi connectivity index (χ3v) is 7.91. The molecule has 7 nitrogen and oxygen atoms in total. The number of hydrogen-bond acceptors (Lipinski definition) is 4. The normalized spacial score (nSPS) is 18.4. The smallest absolute Gasteiger partial charge is 0.321 e. The second kappa shape index (κ2) is 12.8. The molecule has 0 bridgehead atoms. The lowest BCUT2D eigenvalue weighted by Gasteiger charge is -2.35. The highest BCUT2D eigenvalue weighted by atomic mass is 35.5. The number of aliphatic hydroxyl groups is 1. The average Bonchev–Trinajstić information content (AvgIpc) is 2.96. The van der Waals surface area contributed by atoms with E-state index in [0.717, 1.165) is 16.7 Å². The van der Waals surface area contributed by atoms with Crippen molar-refractivity contribution in [2.45, 2.75) is 32.6 Å². The summed E-state index contributed by atoms with van der Waals surface area (Å²) in [6, 6.07) is 19.6. The highest BCUT2D eigenvalue weighted by Gasteiger charge is 2.31. The number of aliphatic hydroxyl groups excluding tert-OH is 1. The summed E-state index contributed by atoms with van der Waals surface area (Å²) in [6.07, 6.45) is -0.411. The van der Waals surface area contributed by atoms with E-state index in [1.807, 2.05) is 62.4 Å². The molecule has 0 spiro atoms. The van der Waals surface area contributed by atoms with E-state index in [2.05, 4.69) is 5.32 Å². The fraction of sp³-hybridized carbons (Fsp3) is 0.333.